The van der Waals surface area contributed by atoms with E-state index in [0.717, 1.165) is 55.5 Å². The molecule has 0 bridgehead atoms. The third-order valence-corrected chi connectivity index (χ3v) is 3.43. The van der Waals surface area contributed by atoms with Crippen molar-refractivity contribution in [2.75, 3.05) is 33.3 Å². The van der Waals surface area contributed by atoms with Gasteiger partial charge in [0.1, 0.15) is 11.3 Å². The lowest BCUT2D eigenvalue weighted by molar-refractivity contribution is 0.257. The fourth-order valence-corrected chi connectivity index (χ4v) is 2.40. The summed E-state index contributed by atoms with van der Waals surface area (Å²) in [6, 6.07) is 5.72. The largest absolute Gasteiger partial charge is 0.497 e. The Morgan fingerprint density at radius 2 is 2.32 bits per heavy atom. The van der Waals surface area contributed by atoms with E-state index in [1.54, 1.807) is 7.11 Å². The van der Waals surface area contributed by atoms with Crippen molar-refractivity contribution in [2.24, 2.45) is 0 Å². The zero-order valence-corrected chi connectivity index (χ0v) is 11.2. The highest BCUT2D eigenvalue weighted by Gasteiger charge is 2.13. The maximum Gasteiger partial charge on any atom is 0.209 e. The maximum absolute atomic E-state index is 5.78. The second-order valence-electron chi connectivity index (χ2n) is 4.82. The fourth-order valence-electron chi connectivity index (χ4n) is 2.40. The van der Waals surface area contributed by atoms with Gasteiger partial charge in [-0.25, -0.2) is 4.98 Å². The van der Waals surface area contributed by atoms with Crippen LogP contribution in [0.4, 0.5) is 0 Å². The van der Waals surface area contributed by atoms with Gasteiger partial charge < -0.3 is 14.5 Å². The first-order valence-corrected chi connectivity index (χ1v) is 6.72. The van der Waals surface area contributed by atoms with Gasteiger partial charge >= 0.3 is 0 Å². The van der Waals surface area contributed by atoms with Gasteiger partial charge in [0.15, 0.2) is 5.58 Å². The maximum atomic E-state index is 5.78. The van der Waals surface area contributed by atoms with Crippen LogP contribution >= 0.6 is 0 Å². The minimum Gasteiger partial charge on any atom is -0.497 e. The zero-order valence-electron chi connectivity index (χ0n) is 11.2. The van der Waals surface area contributed by atoms with Gasteiger partial charge in [-0.3, -0.25) is 4.90 Å². The molecule has 19 heavy (non-hydrogen) atoms. The smallest absolute Gasteiger partial charge is 0.209 e. The van der Waals surface area contributed by atoms with Crippen LogP contribution in [0, 0.1) is 0 Å². The molecule has 1 aromatic carbocycles. The third kappa shape index (κ3) is 2.88. The molecule has 1 aromatic heterocycles. The number of oxazole rings is 1. The van der Waals surface area contributed by atoms with Crippen LogP contribution in [0.2, 0.25) is 0 Å². The van der Waals surface area contributed by atoms with Crippen molar-refractivity contribution in [1.82, 2.24) is 15.2 Å². The molecule has 2 aromatic rings. The highest BCUT2D eigenvalue weighted by atomic mass is 16.5. The number of benzene rings is 1. The molecule has 0 spiro atoms. The van der Waals surface area contributed by atoms with Crippen molar-refractivity contribution in [3.63, 3.8) is 0 Å². The van der Waals surface area contributed by atoms with Gasteiger partial charge in [0, 0.05) is 19.2 Å². The lowest BCUT2D eigenvalue weighted by Gasteiger charge is -2.16. The van der Waals surface area contributed by atoms with E-state index in [-0.39, 0.29) is 0 Å². The van der Waals surface area contributed by atoms with Crippen LogP contribution in [0.1, 0.15) is 12.3 Å². The van der Waals surface area contributed by atoms with Crippen molar-refractivity contribution in [2.45, 2.75) is 13.0 Å². The van der Waals surface area contributed by atoms with Crippen molar-refractivity contribution in [3.8, 4) is 5.75 Å². The summed E-state index contributed by atoms with van der Waals surface area (Å²) in [5.74, 6) is 1.59. The van der Waals surface area contributed by atoms with Crippen molar-refractivity contribution >= 4 is 11.1 Å². The minimum atomic E-state index is 0.776. The first kappa shape index (κ1) is 12.4. The number of nitrogens with zero attached hydrogens (tertiary/aromatic N) is 2. The Hall–Kier alpha value is -1.59. The van der Waals surface area contributed by atoms with Crippen molar-refractivity contribution < 1.29 is 9.15 Å². The summed E-state index contributed by atoms with van der Waals surface area (Å²) in [6.07, 6.45) is 1.17. The summed E-state index contributed by atoms with van der Waals surface area (Å²) >= 11 is 0. The Balaban J connectivity index is 1.76. The number of hydrogen-bond donors (Lipinski definition) is 1. The van der Waals surface area contributed by atoms with Crippen LogP contribution in [-0.2, 0) is 6.54 Å². The predicted molar refractivity (Wildman–Crippen MR) is 73.3 cm³/mol. The number of nitrogens with one attached hydrogen (secondary N) is 1. The van der Waals surface area contributed by atoms with Gasteiger partial charge in [0.2, 0.25) is 5.89 Å². The van der Waals surface area contributed by atoms with E-state index < -0.39 is 0 Å². The Kier molecular flexibility index (Phi) is 3.66. The van der Waals surface area contributed by atoms with Crippen molar-refractivity contribution in [3.05, 3.63) is 24.1 Å². The third-order valence-electron chi connectivity index (χ3n) is 3.43. The van der Waals surface area contributed by atoms with E-state index in [2.05, 4.69) is 15.2 Å². The predicted octanol–water partition coefficient (Wildman–Crippen LogP) is 1.63. The monoisotopic (exact) mass is 261 g/mol. The van der Waals surface area contributed by atoms with Crippen molar-refractivity contribution in [1.29, 1.82) is 0 Å². The first-order chi connectivity index (χ1) is 9.35. The molecule has 0 saturated carbocycles. The SMILES string of the molecule is COc1ccc2oc(CN3CCCNCC3)nc2c1. The number of methoxy groups -OCH3 is 1. The number of fused-ring (bicyclic) bond motifs is 1. The highest BCUT2D eigenvalue weighted by molar-refractivity contribution is 5.74. The molecule has 0 amide bonds. The Labute approximate surface area is 112 Å². The highest BCUT2D eigenvalue weighted by Crippen LogP contribution is 2.21. The van der Waals surface area contributed by atoms with Gasteiger partial charge in [0.05, 0.1) is 13.7 Å². The number of ether oxygens (including phenoxy) is 1. The molecule has 5 heteroatoms. The van der Waals surface area contributed by atoms with Crippen LogP contribution in [0.15, 0.2) is 22.6 Å². The second kappa shape index (κ2) is 5.59. The molecule has 1 aliphatic heterocycles. The van der Waals surface area contributed by atoms with Crippen LogP contribution in [0.5, 0.6) is 5.75 Å². The molecule has 1 aliphatic rings. The standard InChI is InChI=1S/C14H19N3O2/c1-18-11-3-4-13-12(9-11)16-14(19-13)10-17-7-2-5-15-6-8-17/h3-4,9,15H,2,5-8,10H2,1H3. The molecule has 0 atom stereocenters. The van der Waals surface area contributed by atoms with Gasteiger partial charge in [-0.1, -0.05) is 0 Å². The Bertz CT molecular complexity index is 545. The summed E-state index contributed by atoms with van der Waals surface area (Å²) in [7, 11) is 1.66. The molecule has 1 fully saturated rings. The summed E-state index contributed by atoms with van der Waals surface area (Å²) in [4.78, 5) is 6.91. The van der Waals surface area contributed by atoms with E-state index in [4.69, 9.17) is 9.15 Å². The minimum absolute atomic E-state index is 0.776. The fraction of sp³-hybridized carbons (Fsp3) is 0.500. The quantitative estimate of drug-likeness (QED) is 0.910. The number of aromatic nitrogens is 1. The molecule has 0 radical (unpaired) electrons. The molecular weight excluding hydrogens is 242 g/mol. The van der Waals surface area contributed by atoms with E-state index >= 15 is 0 Å². The van der Waals surface area contributed by atoms with E-state index in [1.807, 2.05) is 18.2 Å². The summed E-state index contributed by atoms with van der Waals surface area (Å²) < 4.78 is 11.0. The Morgan fingerprint density at radius 1 is 1.37 bits per heavy atom. The second-order valence-corrected chi connectivity index (χ2v) is 4.82. The molecule has 0 aliphatic carbocycles. The van der Waals surface area contributed by atoms with E-state index in [0.29, 0.717) is 0 Å². The average Bonchev–Trinajstić information content (AvgIpc) is 2.64. The first-order valence-electron chi connectivity index (χ1n) is 6.72. The van der Waals surface area contributed by atoms with E-state index in [9.17, 15) is 0 Å². The van der Waals surface area contributed by atoms with Crippen LogP contribution in [0.25, 0.3) is 11.1 Å². The lowest BCUT2D eigenvalue weighted by atomic mass is 10.3. The molecular formula is C14H19N3O2. The molecule has 1 saturated heterocycles. The molecule has 5 nitrogen and oxygen atoms in total. The average molecular weight is 261 g/mol. The molecule has 1 N–H and O–H groups in total. The lowest BCUT2D eigenvalue weighted by Crippen LogP contribution is -2.27. The van der Waals surface area contributed by atoms with Gasteiger partial charge in [-0.15, -0.1) is 0 Å². The Morgan fingerprint density at radius 3 is 3.21 bits per heavy atom. The molecule has 0 unspecified atom stereocenters. The summed E-state index contributed by atoms with van der Waals surface area (Å²) in [5, 5.41) is 3.40. The van der Waals surface area contributed by atoms with Gasteiger partial charge in [0.25, 0.3) is 0 Å². The van der Waals surface area contributed by atoms with Crippen LogP contribution in [0.3, 0.4) is 0 Å². The molecule has 3 rings (SSSR count). The van der Waals surface area contributed by atoms with Gasteiger partial charge in [-0.2, -0.15) is 0 Å². The number of rotatable bonds is 3. The summed E-state index contributed by atoms with van der Waals surface area (Å²) in [6.45, 7) is 5.05. The van der Waals surface area contributed by atoms with Gasteiger partial charge in [-0.05, 0) is 31.6 Å². The molecule has 2 heterocycles. The van der Waals surface area contributed by atoms with Crippen LogP contribution in [-0.4, -0.2) is 43.2 Å². The normalized spacial score (nSPS) is 17.5. The van der Waals surface area contributed by atoms with Crippen LogP contribution < -0.4 is 10.1 Å². The topological polar surface area (TPSA) is 50.5 Å². The summed E-state index contributed by atoms with van der Waals surface area (Å²) in [5.41, 5.74) is 1.69. The molecule has 102 valence electrons. The number of hydrogen-bond acceptors (Lipinski definition) is 5. The van der Waals surface area contributed by atoms with E-state index in [1.165, 1.54) is 6.42 Å². The zero-order chi connectivity index (χ0) is 13.1.